The molecule has 0 spiro atoms. The first-order chi connectivity index (χ1) is 20.4. The SMILES string of the molecule is CC(C)(C)OC(=O)N1C[C@H]2C[C@H](NCCC(=O)Nc3sc4c(c3-c3nc5cc(Br)ccc5s3)CCN(C(=O)O)C4)C[C@H]2C1. The van der Waals surface area contributed by atoms with Gasteiger partial charge in [-0.1, -0.05) is 15.9 Å². The lowest BCUT2D eigenvalue weighted by atomic mass is 10.0. The van der Waals surface area contributed by atoms with Crippen LogP contribution in [0, 0.1) is 11.8 Å². The quantitative estimate of drug-likeness (QED) is 0.274. The molecular formula is C30H36BrN5O5S2. The van der Waals surface area contributed by atoms with Crippen LogP contribution in [0.4, 0.5) is 14.6 Å². The van der Waals surface area contributed by atoms with Crippen LogP contribution in [0.5, 0.6) is 0 Å². The van der Waals surface area contributed by atoms with E-state index in [0.717, 1.165) is 66.6 Å². The number of nitrogens with one attached hydrogen (secondary N) is 2. The van der Waals surface area contributed by atoms with Crippen LogP contribution in [-0.4, -0.2) is 75.8 Å². The second-order valence-corrected chi connectivity index (χ2v) is 15.7. The van der Waals surface area contributed by atoms with Crippen LogP contribution in [-0.2, 0) is 22.5 Å². The molecule has 2 aliphatic heterocycles. The molecule has 2 aromatic heterocycles. The molecular weight excluding hydrogens is 654 g/mol. The zero-order chi connectivity index (χ0) is 30.5. The number of benzene rings is 1. The smallest absolute Gasteiger partial charge is 0.410 e. The van der Waals surface area contributed by atoms with Gasteiger partial charge in [-0.2, -0.15) is 0 Å². The van der Waals surface area contributed by atoms with Crippen LogP contribution in [0.15, 0.2) is 22.7 Å². The molecule has 4 heterocycles. The van der Waals surface area contributed by atoms with Crippen molar-refractivity contribution in [3.8, 4) is 10.6 Å². The number of thiazole rings is 1. The fourth-order valence-electron chi connectivity index (χ4n) is 6.41. The van der Waals surface area contributed by atoms with E-state index in [-0.39, 0.29) is 12.0 Å². The third-order valence-electron chi connectivity index (χ3n) is 8.33. The van der Waals surface area contributed by atoms with Crippen LogP contribution in [0.2, 0.25) is 0 Å². The Morgan fingerprint density at radius 3 is 2.58 bits per heavy atom. The van der Waals surface area contributed by atoms with Gasteiger partial charge in [0.05, 0.1) is 16.8 Å². The number of anilines is 1. The topological polar surface area (TPSA) is 124 Å². The molecule has 3 aliphatic rings. The number of nitrogens with zero attached hydrogens (tertiary/aromatic N) is 3. The third kappa shape index (κ3) is 6.69. The van der Waals surface area contributed by atoms with E-state index in [4.69, 9.17) is 9.72 Å². The van der Waals surface area contributed by atoms with Crippen molar-refractivity contribution in [1.29, 1.82) is 0 Å². The van der Waals surface area contributed by atoms with Crippen LogP contribution in [0.1, 0.15) is 50.5 Å². The number of halogens is 1. The highest BCUT2D eigenvalue weighted by Gasteiger charge is 2.43. The predicted molar refractivity (Wildman–Crippen MR) is 172 cm³/mol. The Balaban J connectivity index is 1.08. The van der Waals surface area contributed by atoms with Gasteiger partial charge in [-0.3, -0.25) is 4.79 Å². The monoisotopic (exact) mass is 689 g/mol. The number of carboxylic acid groups (broad SMARTS) is 1. The normalized spacial score (nSPS) is 21.6. The van der Waals surface area contributed by atoms with E-state index in [1.807, 2.05) is 43.9 Å². The largest absolute Gasteiger partial charge is 0.465 e. The number of hydrogen-bond donors (Lipinski definition) is 3. The lowest BCUT2D eigenvalue weighted by Crippen LogP contribution is -2.37. The number of aromatic nitrogens is 1. The molecule has 6 rings (SSSR count). The van der Waals surface area contributed by atoms with Gasteiger partial charge >= 0.3 is 12.2 Å². The second kappa shape index (κ2) is 12.0. The molecule has 1 saturated carbocycles. The summed E-state index contributed by atoms with van der Waals surface area (Å²) in [4.78, 5) is 46.4. The van der Waals surface area contributed by atoms with Crippen molar-refractivity contribution in [2.24, 2.45) is 11.8 Å². The van der Waals surface area contributed by atoms with Gasteiger partial charge in [0, 0.05) is 53.6 Å². The van der Waals surface area contributed by atoms with E-state index in [1.54, 1.807) is 11.3 Å². The third-order valence-corrected chi connectivity index (χ3v) is 11.0. The molecule has 1 aliphatic carbocycles. The summed E-state index contributed by atoms with van der Waals surface area (Å²) in [6.45, 7) is 8.41. The molecule has 43 heavy (non-hydrogen) atoms. The van der Waals surface area contributed by atoms with Crippen molar-refractivity contribution >= 4 is 71.9 Å². The van der Waals surface area contributed by atoms with Crippen LogP contribution >= 0.6 is 38.6 Å². The Kier molecular flexibility index (Phi) is 8.44. The maximum Gasteiger partial charge on any atom is 0.410 e. The summed E-state index contributed by atoms with van der Waals surface area (Å²) in [5, 5.41) is 17.8. The fraction of sp³-hybridized carbons (Fsp3) is 0.533. The van der Waals surface area contributed by atoms with E-state index >= 15 is 0 Å². The summed E-state index contributed by atoms with van der Waals surface area (Å²) in [5.41, 5.74) is 2.39. The lowest BCUT2D eigenvalue weighted by molar-refractivity contribution is -0.116. The Morgan fingerprint density at radius 1 is 1.14 bits per heavy atom. The van der Waals surface area contributed by atoms with Gasteiger partial charge in [-0.05, 0) is 75.6 Å². The standard InChI is InChI=1S/C30H36BrN5O5S2/c1-30(2,3)41-29(40)36-13-16-10-19(11-17(16)14-36)32-8-6-24(37)34-27-25(20-7-9-35(28(38)39)15-23(20)43-27)26-33-21-12-18(31)4-5-22(21)42-26/h4-5,12,16-17,19,32H,6-11,13-15H2,1-3H3,(H,34,37)(H,38,39)/t16-,17+,19+. The van der Waals surface area contributed by atoms with Crippen LogP contribution in [0.25, 0.3) is 20.8 Å². The molecule has 3 aromatic rings. The summed E-state index contributed by atoms with van der Waals surface area (Å²) in [6.07, 6.45) is 1.72. The first-order valence-corrected chi connectivity index (χ1v) is 17.1. The van der Waals surface area contributed by atoms with Crippen LogP contribution < -0.4 is 10.6 Å². The Bertz CT molecular complexity index is 1550. The highest BCUT2D eigenvalue weighted by Crippen LogP contribution is 2.46. The van der Waals surface area contributed by atoms with E-state index in [2.05, 4.69) is 26.6 Å². The molecule has 13 heteroatoms. The van der Waals surface area contributed by atoms with E-state index in [9.17, 15) is 19.5 Å². The molecule has 3 amide bonds. The molecule has 0 radical (unpaired) electrons. The average molecular weight is 691 g/mol. The van der Waals surface area contributed by atoms with E-state index < -0.39 is 11.7 Å². The highest BCUT2D eigenvalue weighted by molar-refractivity contribution is 9.10. The van der Waals surface area contributed by atoms with E-state index in [0.29, 0.717) is 50.4 Å². The first kappa shape index (κ1) is 30.3. The number of ether oxygens (including phenoxy) is 1. The number of thiophene rings is 1. The van der Waals surface area contributed by atoms with Crippen molar-refractivity contribution in [2.45, 2.75) is 64.6 Å². The summed E-state index contributed by atoms with van der Waals surface area (Å²) in [7, 11) is 0. The second-order valence-electron chi connectivity index (χ2n) is 12.6. The predicted octanol–water partition coefficient (Wildman–Crippen LogP) is 6.39. The van der Waals surface area contributed by atoms with Crippen molar-refractivity contribution in [1.82, 2.24) is 20.1 Å². The van der Waals surface area contributed by atoms with Gasteiger partial charge in [-0.25, -0.2) is 14.6 Å². The number of hydrogen-bond acceptors (Lipinski definition) is 8. The summed E-state index contributed by atoms with van der Waals surface area (Å²) in [6, 6.07) is 6.33. The molecule has 3 atom stereocenters. The number of amides is 3. The lowest BCUT2D eigenvalue weighted by Gasteiger charge is -2.25. The fourth-order valence-corrected chi connectivity index (χ4v) is 9.13. The first-order valence-electron chi connectivity index (χ1n) is 14.6. The number of fused-ring (bicyclic) bond motifs is 3. The zero-order valence-corrected chi connectivity index (χ0v) is 27.7. The molecule has 230 valence electrons. The van der Waals surface area contributed by atoms with Gasteiger partial charge in [0.2, 0.25) is 5.91 Å². The van der Waals surface area contributed by atoms with Crippen molar-refractivity contribution in [2.75, 3.05) is 31.5 Å². The maximum absolute atomic E-state index is 13.2. The Morgan fingerprint density at radius 2 is 1.88 bits per heavy atom. The molecule has 0 unspecified atom stereocenters. The number of carbonyl (C=O) groups is 3. The molecule has 2 fully saturated rings. The van der Waals surface area contributed by atoms with E-state index in [1.165, 1.54) is 16.2 Å². The van der Waals surface area contributed by atoms with Gasteiger partial charge < -0.3 is 30.3 Å². The molecule has 0 bridgehead atoms. The average Bonchev–Trinajstić information content (AvgIpc) is 3.67. The van der Waals surface area contributed by atoms with Gasteiger partial charge in [0.25, 0.3) is 0 Å². The van der Waals surface area contributed by atoms with Gasteiger partial charge in [0.1, 0.15) is 15.6 Å². The van der Waals surface area contributed by atoms with Gasteiger partial charge in [-0.15, -0.1) is 22.7 Å². The molecule has 10 nitrogen and oxygen atoms in total. The summed E-state index contributed by atoms with van der Waals surface area (Å²) < 4.78 is 7.55. The maximum atomic E-state index is 13.2. The summed E-state index contributed by atoms with van der Waals surface area (Å²) >= 11 is 6.55. The minimum Gasteiger partial charge on any atom is -0.465 e. The van der Waals surface area contributed by atoms with Crippen LogP contribution in [0.3, 0.4) is 0 Å². The Hall–Kier alpha value is -2.74. The molecule has 3 N–H and O–H groups in total. The number of likely N-dealkylation sites (tertiary alicyclic amines) is 1. The highest BCUT2D eigenvalue weighted by atomic mass is 79.9. The number of rotatable bonds is 6. The zero-order valence-electron chi connectivity index (χ0n) is 24.4. The summed E-state index contributed by atoms with van der Waals surface area (Å²) in [5.74, 6) is 0.831. The Labute approximate surface area is 266 Å². The minimum absolute atomic E-state index is 0.0828. The number of carbonyl (C=O) groups excluding carboxylic acids is 2. The van der Waals surface area contributed by atoms with Crippen molar-refractivity contribution in [3.63, 3.8) is 0 Å². The van der Waals surface area contributed by atoms with Crippen molar-refractivity contribution in [3.05, 3.63) is 33.1 Å². The van der Waals surface area contributed by atoms with Crippen molar-refractivity contribution < 1.29 is 24.2 Å². The van der Waals surface area contributed by atoms with Gasteiger partial charge in [0.15, 0.2) is 0 Å². The molecule has 1 saturated heterocycles. The molecule has 1 aromatic carbocycles. The minimum atomic E-state index is -0.935.